The van der Waals surface area contributed by atoms with Gasteiger partial charge in [0.15, 0.2) is 0 Å². The van der Waals surface area contributed by atoms with Gasteiger partial charge in [-0.2, -0.15) is 0 Å². The first-order valence-corrected chi connectivity index (χ1v) is 9.61. The van der Waals surface area contributed by atoms with Crippen LogP contribution in [0.15, 0.2) is 48.7 Å². The van der Waals surface area contributed by atoms with Crippen LogP contribution < -0.4 is 4.74 Å². The summed E-state index contributed by atoms with van der Waals surface area (Å²) in [5.41, 5.74) is 1.67. The fourth-order valence-corrected chi connectivity index (χ4v) is 3.17. The van der Waals surface area contributed by atoms with Gasteiger partial charge in [-0.25, -0.2) is 9.37 Å². The molecule has 31 heavy (non-hydrogen) atoms. The highest BCUT2D eigenvalue weighted by Gasteiger charge is 2.31. The van der Waals surface area contributed by atoms with Crippen molar-refractivity contribution in [2.75, 3.05) is 6.54 Å². The Bertz CT molecular complexity index is 1050. The molecule has 0 radical (unpaired) electrons. The van der Waals surface area contributed by atoms with E-state index in [1.54, 1.807) is 24.0 Å². The second-order valence-corrected chi connectivity index (χ2v) is 7.00. The predicted molar refractivity (Wildman–Crippen MR) is 107 cm³/mol. The molecular formula is C22H21F4N3O2. The number of benzene rings is 2. The van der Waals surface area contributed by atoms with Crippen LogP contribution in [-0.2, 0) is 6.54 Å². The number of halogens is 4. The molecule has 0 saturated heterocycles. The number of imidazole rings is 1. The number of hydrogen-bond donors (Lipinski definition) is 1. The number of aryl methyl sites for hydroxylation is 1. The standard InChI is InChI=1S/C22H21F4N3O2/c1-3-10-29(21(30)20-12-27-14(2)28-20)13-15-4-9-19(23)18(11-15)16-5-7-17(8-6-16)31-22(24,25)26/h4-9,11-12H,3,10,13H2,1-2H3,(H,27,28). The molecule has 1 heterocycles. The average Bonchev–Trinajstić information content (AvgIpc) is 3.14. The van der Waals surface area contributed by atoms with Crippen molar-refractivity contribution in [1.29, 1.82) is 0 Å². The molecule has 0 aliphatic carbocycles. The molecule has 1 amide bonds. The summed E-state index contributed by atoms with van der Waals surface area (Å²) in [6, 6.07) is 9.40. The summed E-state index contributed by atoms with van der Waals surface area (Å²) in [6.45, 7) is 4.43. The predicted octanol–water partition coefficient (Wildman–Crippen LogP) is 5.48. The zero-order valence-corrected chi connectivity index (χ0v) is 17.0. The largest absolute Gasteiger partial charge is 0.573 e. The monoisotopic (exact) mass is 435 g/mol. The van der Waals surface area contributed by atoms with E-state index in [-0.39, 0.29) is 23.8 Å². The number of nitrogens with zero attached hydrogens (tertiary/aromatic N) is 2. The molecule has 3 rings (SSSR count). The minimum Gasteiger partial charge on any atom is -0.406 e. The Morgan fingerprint density at radius 3 is 2.45 bits per heavy atom. The molecular weight excluding hydrogens is 414 g/mol. The quantitative estimate of drug-likeness (QED) is 0.501. The van der Waals surface area contributed by atoms with E-state index in [2.05, 4.69) is 14.7 Å². The number of ether oxygens (including phenoxy) is 1. The van der Waals surface area contributed by atoms with Crippen LogP contribution in [0, 0.1) is 12.7 Å². The first-order valence-electron chi connectivity index (χ1n) is 9.61. The molecule has 0 saturated carbocycles. The number of amides is 1. The number of rotatable bonds is 7. The van der Waals surface area contributed by atoms with E-state index in [1.807, 2.05) is 6.92 Å². The topological polar surface area (TPSA) is 58.2 Å². The Balaban J connectivity index is 1.83. The molecule has 0 aliphatic heterocycles. The molecule has 0 unspecified atom stereocenters. The minimum absolute atomic E-state index is 0.220. The van der Waals surface area contributed by atoms with E-state index in [0.717, 1.165) is 18.6 Å². The lowest BCUT2D eigenvalue weighted by Crippen LogP contribution is -2.31. The van der Waals surface area contributed by atoms with Crippen molar-refractivity contribution < 1.29 is 27.1 Å². The van der Waals surface area contributed by atoms with Crippen LogP contribution >= 0.6 is 0 Å². The lowest BCUT2D eigenvalue weighted by Gasteiger charge is -2.22. The second kappa shape index (κ2) is 9.20. The van der Waals surface area contributed by atoms with Crippen LogP contribution in [0.3, 0.4) is 0 Å². The summed E-state index contributed by atoms with van der Waals surface area (Å²) in [5.74, 6) is -0.503. The summed E-state index contributed by atoms with van der Waals surface area (Å²) in [4.78, 5) is 21.4. The third kappa shape index (κ3) is 5.84. The highest BCUT2D eigenvalue weighted by atomic mass is 19.4. The van der Waals surface area contributed by atoms with Crippen molar-refractivity contribution in [2.45, 2.75) is 33.2 Å². The van der Waals surface area contributed by atoms with E-state index in [1.165, 1.54) is 24.4 Å². The van der Waals surface area contributed by atoms with E-state index < -0.39 is 12.2 Å². The maximum absolute atomic E-state index is 14.4. The molecule has 0 spiro atoms. The van der Waals surface area contributed by atoms with Crippen molar-refractivity contribution in [3.8, 4) is 16.9 Å². The first kappa shape index (κ1) is 22.3. The van der Waals surface area contributed by atoms with Crippen molar-refractivity contribution in [1.82, 2.24) is 14.9 Å². The van der Waals surface area contributed by atoms with Gasteiger partial charge in [0.05, 0.1) is 6.20 Å². The molecule has 1 N–H and O–H groups in total. The van der Waals surface area contributed by atoms with Crippen molar-refractivity contribution in [3.63, 3.8) is 0 Å². The van der Waals surface area contributed by atoms with Crippen molar-refractivity contribution in [3.05, 3.63) is 71.6 Å². The molecule has 0 atom stereocenters. The van der Waals surface area contributed by atoms with Crippen LogP contribution in [-0.4, -0.2) is 33.7 Å². The van der Waals surface area contributed by atoms with Gasteiger partial charge in [0.25, 0.3) is 5.91 Å². The fourth-order valence-electron chi connectivity index (χ4n) is 3.17. The van der Waals surface area contributed by atoms with Gasteiger partial charge < -0.3 is 14.6 Å². The zero-order chi connectivity index (χ0) is 22.6. The highest BCUT2D eigenvalue weighted by molar-refractivity contribution is 5.92. The Labute approximate surface area is 176 Å². The lowest BCUT2D eigenvalue weighted by molar-refractivity contribution is -0.274. The number of nitrogens with one attached hydrogen (secondary N) is 1. The number of carbonyl (C=O) groups excluding carboxylic acids is 1. The van der Waals surface area contributed by atoms with Gasteiger partial charge in [0.1, 0.15) is 23.1 Å². The zero-order valence-electron chi connectivity index (χ0n) is 17.0. The maximum atomic E-state index is 14.4. The summed E-state index contributed by atoms with van der Waals surface area (Å²) >= 11 is 0. The summed E-state index contributed by atoms with van der Waals surface area (Å²) in [6.07, 6.45) is -2.59. The van der Waals surface area contributed by atoms with E-state index in [4.69, 9.17) is 0 Å². The fraction of sp³-hybridized carbons (Fsp3) is 0.273. The van der Waals surface area contributed by atoms with Gasteiger partial charge in [-0.1, -0.05) is 25.1 Å². The number of alkyl halides is 3. The van der Waals surface area contributed by atoms with Gasteiger partial charge in [0, 0.05) is 18.7 Å². The van der Waals surface area contributed by atoms with Gasteiger partial charge in [-0.3, -0.25) is 4.79 Å². The summed E-state index contributed by atoms with van der Waals surface area (Å²) in [5, 5.41) is 0. The van der Waals surface area contributed by atoms with Gasteiger partial charge >= 0.3 is 6.36 Å². The molecule has 0 fully saturated rings. The molecule has 5 nitrogen and oxygen atoms in total. The molecule has 0 bridgehead atoms. The molecule has 3 aromatic rings. The normalized spacial score (nSPS) is 11.4. The Morgan fingerprint density at radius 1 is 1.16 bits per heavy atom. The van der Waals surface area contributed by atoms with E-state index in [9.17, 15) is 22.4 Å². The van der Waals surface area contributed by atoms with Gasteiger partial charge in [-0.15, -0.1) is 13.2 Å². The second-order valence-electron chi connectivity index (χ2n) is 7.00. The smallest absolute Gasteiger partial charge is 0.406 e. The van der Waals surface area contributed by atoms with Crippen LogP contribution in [0.25, 0.3) is 11.1 Å². The minimum atomic E-state index is -4.80. The summed E-state index contributed by atoms with van der Waals surface area (Å²) in [7, 11) is 0. The van der Waals surface area contributed by atoms with Gasteiger partial charge in [0.2, 0.25) is 0 Å². The maximum Gasteiger partial charge on any atom is 0.573 e. The molecule has 164 valence electrons. The first-order chi connectivity index (χ1) is 14.7. The number of aromatic amines is 1. The van der Waals surface area contributed by atoms with Crippen LogP contribution in [0.4, 0.5) is 17.6 Å². The number of hydrogen-bond acceptors (Lipinski definition) is 3. The lowest BCUT2D eigenvalue weighted by atomic mass is 10.0. The highest BCUT2D eigenvalue weighted by Crippen LogP contribution is 2.29. The third-order valence-electron chi connectivity index (χ3n) is 4.52. The van der Waals surface area contributed by atoms with Crippen molar-refractivity contribution in [2.24, 2.45) is 0 Å². The third-order valence-corrected chi connectivity index (χ3v) is 4.52. The molecule has 2 aromatic carbocycles. The number of carbonyl (C=O) groups is 1. The van der Waals surface area contributed by atoms with Crippen LogP contribution in [0.1, 0.15) is 35.2 Å². The molecule has 0 aliphatic rings. The summed E-state index contributed by atoms with van der Waals surface area (Å²) < 4.78 is 55.3. The van der Waals surface area contributed by atoms with Crippen LogP contribution in [0.2, 0.25) is 0 Å². The average molecular weight is 435 g/mol. The van der Waals surface area contributed by atoms with E-state index in [0.29, 0.717) is 29.2 Å². The molecule has 9 heteroatoms. The Morgan fingerprint density at radius 2 is 1.87 bits per heavy atom. The number of aromatic nitrogens is 2. The number of H-pyrrole nitrogens is 1. The Kier molecular flexibility index (Phi) is 6.62. The van der Waals surface area contributed by atoms with E-state index >= 15 is 0 Å². The van der Waals surface area contributed by atoms with Gasteiger partial charge in [-0.05, 0) is 48.7 Å². The molecule has 1 aromatic heterocycles. The Hall–Kier alpha value is -3.36. The van der Waals surface area contributed by atoms with Crippen molar-refractivity contribution >= 4 is 5.91 Å². The van der Waals surface area contributed by atoms with Crippen LogP contribution in [0.5, 0.6) is 5.75 Å². The SMILES string of the molecule is CCCN(Cc1ccc(F)c(-c2ccc(OC(F)(F)F)cc2)c1)C(=O)c1cnc(C)[nH]1.